The van der Waals surface area contributed by atoms with E-state index in [1.807, 2.05) is 6.92 Å². The van der Waals surface area contributed by atoms with E-state index in [0.29, 0.717) is 24.4 Å². The first kappa shape index (κ1) is 31.3. The molecule has 0 amide bonds. The maximum absolute atomic E-state index is 12.1. The van der Waals surface area contributed by atoms with E-state index in [1.54, 1.807) is 0 Å². The molecule has 9 nitrogen and oxygen atoms in total. The van der Waals surface area contributed by atoms with Gasteiger partial charge < -0.3 is 44.5 Å². The molecule has 0 bridgehead atoms. The second kappa shape index (κ2) is 10.1. The van der Waals surface area contributed by atoms with E-state index < -0.39 is 48.8 Å². The first-order valence-corrected chi connectivity index (χ1v) is 17.1. The third kappa shape index (κ3) is 3.95. The summed E-state index contributed by atoms with van der Waals surface area (Å²) in [6, 6.07) is 0. The van der Waals surface area contributed by atoms with Gasteiger partial charge in [0.05, 0.1) is 24.9 Å². The van der Waals surface area contributed by atoms with Crippen LogP contribution in [-0.2, 0) is 18.9 Å². The summed E-state index contributed by atoms with van der Waals surface area (Å²) in [5.74, 6) is 1.54. The molecule has 7 aliphatic rings. The average Bonchev–Trinajstić information content (AvgIpc) is 3.52. The third-order valence-corrected chi connectivity index (χ3v) is 15.0. The van der Waals surface area contributed by atoms with Crippen LogP contribution in [0.25, 0.3) is 0 Å². The smallest absolute Gasteiger partial charge is 0.186 e. The topological polar surface area (TPSA) is 138 Å². The van der Waals surface area contributed by atoms with Crippen molar-refractivity contribution in [3.05, 3.63) is 0 Å². The van der Waals surface area contributed by atoms with Gasteiger partial charge in [-0.05, 0) is 103 Å². The number of hydrogen-bond acceptors (Lipinski definition) is 9. The predicted octanol–water partition coefficient (Wildman–Crippen LogP) is 2.98. The number of aliphatic hydroxyl groups excluding tert-OH is 5. The van der Waals surface area contributed by atoms with Crippen LogP contribution in [0, 0.1) is 50.7 Å². The molecule has 0 aromatic heterocycles. The van der Waals surface area contributed by atoms with Crippen LogP contribution >= 0.6 is 0 Å². The van der Waals surface area contributed by atoms with Gasteiger partial charge in [-0.15, -0.1) is 0 Å². The van der Waals surface area contributed by atoms with Crippen LogP contribution in [0.2, 0.25) is 0 Å². The van der Waals surface area contributed by atoms with Gasteiger partial charge in [0, 0.05) is 13.0 Å². The minimum atomic E-state index is -1.47. The van der Waals surface area contributed by atoms with E-state index in [0.717, 1.165) is 38.5 Å². The van der Waals surface area contributed by atoms with E-state index in [-0.39, 0.29) is 46.1 Å². The van der Waals surface area contributed by atoms with Gasteiger partial charge in [-0.25, -0.2) is 0 Å². The molecule has 0 aromatic carbocycles. The highest BCUT2D eigenvalue weighted by Crippen LogP contribution is 2.89. The Morgan fingerprint density at radius 1 is 0.860 bits per heavy atom. The molecule has 5 aliphatic carbocycles. The van der Waals surface area contributed by atoms with Crippen LogP contribution < -0.4 is 0 Å². The fraction of sp³-hybridized carbons (Fsp3) is 1.00. The van der Waals surface area contributed by atoms with Crippen molar-refractivity contribution in [3.8, 4) is 0 Å². The molecular formula is C34H56O9. The number of aliphatic hydroxyl groups is 5. The standard InChI is InChI=1S/C34H56O9/c1-7-40-23-12-17(2)24-19(41-23)14-32(6)21-13-18(36)28-30(3,4)22(43-29-27(39)26(38)25(37)20(15-35)42-29)8-9-34(28)16-33(21,34)11-10-31(24,32)5/h17-29,35-39H,7-16H2,1-6H3/t17-,18+,19+,20-,21+,22+,23-,24+,25-,26+,27-,28+,29+,31-,32+,33+,34-/m1/s1. The lowest BCUT2D eigenvalue weighted by Crippen LogP contribution is -2.63. The molecule has 5 N–H and O–H groups in total. The van der Waals surface area contributed by atoms with Crippen LogP contribution in [0.3, 0.4) is 0 Å². The number of hydrogen-bond donors (Lipinski definition) is 5. The monoisotopic (exact) mass is 608 g/mol. The number of ether oxygens (including phenoxy) is 4. The normalized spacial score (nSPS) is 60.2. The van der Waals surface area contributed by atoms with E-state index >= 15 is 0 Å². The summed E-state index contributed by atoms with van der Waals surface area (Å²) < 4.78 is 24.8. The molecule has 9 heteroatoms. The number of rotatable bonds is 5. The Morgan fingerprint density at radius 2 is 1.60 bits per heavy atom. The summed E-state index contributed by atoms with van der Waals surface area (Å²) in [5, 5.41) is 53.1. The second-order valence-electron chi connectivity index (χ2n) is 16.8. The van der Waals surface area contributed by atoms with Gasteiger partial charge in [0.25, 0.3) is 0 Å². The Kier molecular flexibility index (Phi) is 7.32. The van der Waals surface area contributed by atoms with Gasteiger partial charge in [0.1, 0.15) is 24.4 Å². The minimum absolute atomic E-state index is 0.0500. The Balaban J connectivity index is 1.15. The highest BCUT2D eigenvalue weighted by atomic mass is 16.7. The highest BCUT2D eigenvalue weighted by Gasteiger charge is 2.84. The summed E-state index contributed by atoms with van der Waals surface area (Å²) in [6.07, 6.45) is 0.905. The summed E-state index contributed by atoms with van der Waals surface area (Å²) in [5.41, 5.74) is 0.121. The predicted molar refractivity (Wildman–Crippen MR) is 156 cm³/mol. The fourth-order valence-corrected chi connectivity index (χ4v) is 13.2. The maximum Gasteiger partial charge on any atom is 0.186 e. The van der Waals surface area contributed by atoms with Crippen molar-refractivity contribution in [3.63, 3.8) is 0 Å². The molecule has 2 heterocycles. The van der Waals surface area contributed by atoms with Crippen molar-refractivity contribution in [2.45, 2.75) is 148 Å². The van der Waals surface area contributed by atoms with Gasteiger partial charge in [0.15, 0.2) is 12.6 Å². The lowest BCUT2D eigenvalue weighted by Gasteiger charge is -2.64. The second-order valence-corrected chi connectivity index (χ2v) is 16.8. The maximum atomic E-state index is 12.1. The first-order valence-electron chi connectivity index (χ1n) is 17.1. The third-order valence-electron chi connectivity index (χ3n) is 15.0. The van der Waals surface area contributed by atoms with Crippen LogP contribution in [0.4, 0.5) is 0 Å². The van der Waals surface area contributed by atoms with Gasteiger partial charge in [0.2, 0.25) is 0 Å². The first-order chi connectivity index (χ1) is 20.2. The Bertz CT molecular complexity index is 1080. The Morgan fingerprint density at radius 3 is 2.30 bits per heavy atom. The van der Waals surface area contributed by atoms with E-state index in [9.17, 15) is 25.5 Å². The summed E-state index contributed by atoms with van der Waals surface area (Å²) in [6.45, 7) is 14.1. The molecule has 0 radical (unpaired) electrons. The zero-order valence-electron chi connectivity index (χ0n) is 26.9. The van der Waals surface area contributed by atoms with Crippen molar-refractivity contribution in [2.75, 3.05) is 13.2 Å². The zero-order chi connectivity index (χ0) is 30.9. The number of fused-ring (bicyclic) bond motifs is 4. The average molecular weight is 609 g/mol. The summed E-state index contributed by atoms with van der Waals surface area (Å²) in [7, 11) is 0. The van der Waals surface area contributed by atoms with Crippen molar-refractivity contribution < 1.29 is 44.5 Å². The summed E-state index contributed by atoms with van der Waals surface area (Å²) >= 11 is 0. The van der Waals surface area contributed by atoms with Crippen LogP contribution in [0.15, 0.2) is 0 Å². The van der Waals surface area contributed by atoms with Crippen molar-refractivity contribution in [1.29, 1.82) is 0 Å². The lowest BCUT2D eigenvalue weighted by atomic mass is 9.41. The van der Waals surface area contributed by atoms with Crippen LogP contribution in [0.5, 0.6) is 0 Å². The van der Waals surface area contributed by atoms with E-state index in [4.69, 9.17) is 18.9 Å². The molecule has 2 saturated heterocycles. The Labute approximate surface area is 256 Å². The van der Waals surface area contributed by atoms with Crippen molar-refractivity contribution >= 4 is 0 Å². The molecule has 7 rings (SSSR count). The van der Waals surface area contributed by atoms with Crippen molar-refractivity contribution in [1.82, 2.24) is 0 Å². The van der Waals surface area contributed by atoms with E-state index in [1.165, 1.54) is 12.8 Å². The largest absolute Gasteiger partial charge is 0.394 e. The molecule has 7 fully saturated rings. The van der Waals surface area contributed by atoms with Crippen LogP contribution in [0.1, 0.15) is 92.9 Å². The van der Waals surface area contributed by atoms with Gasteiger partial charge in [-0.3, -0.25) is 0 Å². The molecule has 246 valence electrons. The molecule has 17 atom stereocenters. The van der Waals surface area contributed by atoms with Gasteiger partial charge in [-0.2, -0.15) is 0 Å². The SMILES string of the molecule is CCO[C@H]1C[C@@H](C)[C@H]2[C@H](C[C@@]3(C)[C@@H]4C[C@H](O)[C@H]5C(C)(C)[C@@H](O[C@@H]6O[C@H](CO)[C@@H](O)[C@H](O)[C@H]6O)CC[C@@]56C[C@@]46CC[C@]23C)O1. The molecule has 5 saturated carbocycles. The molecule has 2 spiro atoms. The van der Waals surface area contributed by atoms with Crippen molar-refractivity contribution in [2.24, 2.45) is 50.7 Å². The minimum Gasteiger partial charge on any atom is -0.394 e. The molecular weight excluding hydrogens is 552 g/mol. The Hall–Kier alpha value is -0.360. The summed E-state index contributed by atoms with van der Waals surface area (Å²) in [4.78, 5) is 0. The molecule has 43 heavy (non-hydrogen) atoms. The zero-order valence-corrected chi connectivity index (χ0v) is 26.9. The van der Waals surface area contributed by atoms with Crippen LogP contribution in [-0.4, -0.2) is 94.1 Å². The quantitative estimate of drug-likeness (QED) is 0.298. The molecule has 0 unspecified atom stereocenters. The molecule has 2 aliphatic heterocycles. The van der Waals surface area contributed by atoms with Gasteiger partial charge in [-0.1, -0.05) is 34.6 Å². The van der Waals surface area contributed by atoms with E-state index in [2.05, 4.69) is 34.6 Å². The fourth-order valence-electron chi connectivity index (χ4n) is 13.2. The molecule has 0 aromatic rings. The lowest BCUT2D eigenvalue weighted by molar-refractivity contribution is -0.329. The van der Waals surface area contributed by atoms with Gasteiger partial charge >= 0.3 is 0 Å². The highest BCUT2D eigenvalue weighted by molar-refractivity contribution is 5.32.